The van der Waals surface area contributed by atoms with E-state index in [0.29, 0.717) is 19.2 Å². The maximum atomic E-state index is 8.80. The predicted octanol–water partition coefficient (Wildman–Crippen LogP) is -0.145. The van der Waals surface area contributed by atoms with Crippen molar-refractivity contribution in [1.82, 2.24) is 5.32 Å². The van der Waals surface area contributed by atoms with Crippen LogP contribution in [0.4, 0.5) is 0 Å². The molecular weight excluding hydrogens is 180 g/mol. The fraction of sp³-hybridized carbons (Fsp3) is 1.00. The lowest BCUT2D eigenvalue weighted by atomic mass is 9.86. The number of rotatable bonds is 5. The Labute approximate surface area is 85.8 Å². The number of β-amino-alcohol motifs (C(OH)–C–C–N with tert-alkyl or cyclic N) is 1. The molecule has 1 aliphatic heterocycles. The molecule has 4 heteroatoms. The lowest BCUT2D eigenvalue weighted by Crippen LogP contribution is -2.57. The van der Waals surface area contributed by atoms with Gasteiger partial charge >= 0.3 is 0 Å². The van der Waals surface area contributed by atoms with E-state index in [1.807, 2.05) is 0 Å². The van der Waals surface area contributed by atoms with Crippen molar-refractivity contribution in [2.75, 3.05) is 26.3 Å². The van der Waals surface area contributed by atoms with Crippen LogP contribution in [-0.4, -0.2) is 43.1 Å². The maximum Gasteiger partial charge on any atom is 0.0590 e. The van der Waals surface area contributed by atoms with Crippen LogP contribution in [0, 0.1) is 0 Å². The second-order valence-corrected chi connectivity index (χ2v) is 3.99. The average Bonchev–Trinajstić information content (AvgIpc) is 2.26. The minimum Gasteiger partial charge on any atom is -0.395 e. The minimum absolute atomic E-state index is 0.0122. The lowest BCUT2D eigenvalue weighted by Gasteiger charge is -2.40. The first-order valence-corrected chi connectivity index (χ1v) is 5.44. The fourth-order valence-corrected chi connectivity index (χ4v) is 2.02. The summed E-state index contributed by atoms with van der Waals surface area (Å²) in [6.07, 6.45) is 3.25. The van der Waals surface area contributed by atoms with E-state index in [1.54, 1.807) is 0 Å². The Kier molecular flexibility index (Phi) is 4.81. The molecule has 0 bridgehead atoms. The Bertz CT molecular complexity index is 166. The molecule has 0 aromatic carbocycles. The summed E-state index contributed by atoms with van der Waals surface area (Å²) in [5, 5.41) is 12.1. The molecule has 0 saturated carbocycles. The molecule has 2 unspecified atom stereocenters. The van der Waals surface area contributed by atoms with Crippen LogP contribution in [0.2, 0.25) is 0 Å². The highest BCUT2D eigenvalue weighted by Crippen LogP contribution is 2.25. The van der Waals surface area contributed by atoms with Crippen LogP contribution in [-0.2, 0) is 4.74 Å². The van der Waals surface area contributed by atoms with Gasteiger partial charge in [-0.05, 0) is 19.3 Å². The maximum absolute atomic E-state index is 8.80. The highest BCUT2D eigenvalue weighted by atomic mass is 16.5. The molecule has 0 amide bonds. The van der Waals surface area contributed by atoms with Crippen LogP contribution in [0.15, 0.2) is 0 Å². The second kappa shape index (κ2) is 5.66. The van der Waals surface area contributed by atoms with Gasteiger partial charge in [-0.1, -0.05) is 6.92 Å². The van der Waals surface area contributed by atoms with Crippen molar-refractivity contribution in [1.29, 1.82) is 0 Å². The molecule has 4 N–H and O–H groups in total. The van der Waals surface area contributed by atoms with Crippen LogP contribution in [0.1, 0.15) is 26.2 Å². The average molecular weight is 202 g/mol. The van der Waals surface area contributed by atoms with Gasteiger partial charge in [0.15, 0.2) is 0 Å². The van der Waals surface area contributed by atoms with E-state index in [4.69, 9.17) is 15.6 Å². The molecule has 2 atom stereocenters. The van der Waals surface area contributed by atoms with Crippen molar-refractivity contribution < 1.29 is 9.84 Å². The van der Waals surface area contributed by atoms with Crippen LogP contribution >= 0.6 is 0 Å². The molecule has 1 heterocycles. The molecule has 1 saturated heterocycles. The summed E-state index contributed by atoms with van der Waals surface area (Å²) in [6, 6.07) is 0. The Morgan fingerprint density at radius 1 is 1.64 bits per heavy atom. The van der Waals surface area contributed by atoms with Crippen LogP contribution in [0.3, 0.4) is 0 Å². The third-order valence-electron chi connectivity index (χ3n) is 3.01. The first-order chi connectivity index (χ1) is 6.76. The summed E-state index contributed by atoms with van der Waals surface area (Å²) in [6.45, 7) is 4.30. The van der Waals surface area contributed by atoms with Crippen molar-refractivity contribution in [3.8, 4) is 0 Å². The molecule has 4 nitrogen and oxygen atoms in total. The molecule has 1 aliphatic rings. The molecule has 84 valence electrons. The van der Waals surface area contributed by atoms with Gasteiger partial charge < -0.3 is 20.9 Å². The summed E-state index contributed by atoms with van der Waals surface area (Å²) in [7, 11) is 0. The van der Waals surface area contributed by atoms with Crippen molar-refractivity contribution in [2.24, 2.45) is 5.73 Å². The second-order valence-electron chi connectivity index (χ2n) is 3.99. The van der Waals surface area contributed by atoms with Gasteiger partial charge in [-0.3, -0.25) is 0 Å². The monoisotopic (exact) mass is 202 g/mol. The molecule has 1 rings (SSSR count). The van der Waals surface area contributed by atoms with E-state index in [2.05, 4.69) is 12.2 Å². The fourth-order valence-electron chi connectivity index (χ4n) is 2.02. The summed E-state index contributed by atoms with van der Waals surface area (Å²) < 4.78 is 5.61. The first-order valence-electron chi connectivity index (χ1n) is 5.44. The SMILES string of the molecule is CCC1CC(CN)(NCCO)CCO1. The zero-order chi connectivity index (χ0) is 10.4. The van der Waals surface area contributed by atoms with E-state index in [9.17, 15) is 0 Å². The topological polar surface area (TPSA) is 67.5 Å². The Hall–Kier alpha value is -0.160. The molecule has 0 spiro atoms. The minimum atomic E-state index is -0.0122. The number of ether oxygens (including phenoxy) is 1. The summed E-state index contributed by atoms with van der Waals surface area (Å²) >= 11 is 0. The Morgan fingerprint density at radius 2 is 2.43 bits per heavy atom. The van der Waals surface area contributed by atoms with Gasteiger partial charge in [0.25, 0.3) is 0 Å². The van der Waals surface area contributed by atoms with Crippen molar-refractivity contribution in [3.63, 3.8) is 0 Å². The van der Waals surface area contributed by atoms with Crippen LogP contribution in [0.5, 0.6) is 0 Å². The number of nitrogens with one attached hydrogen (secondary N) is 1. The third-order valence-corrected chi connectivity index (χ3v) is 3.01. The van der Waals surface area contributed by atoms with Gasteiger partial charge in [-0.25, -0.2) is 0 Å². The largest absolute Gasteiger partial charge is 0.395 e. The van der Waals surface area contributed by atoms with Crippen molar-refractivity contribution in [3.05, 3.63) is 0 Å². The highest BCUT2D eigenvalue weighted by molar-refractivity contribution is 4.93. The van der Waals surface area contributed by atoms with Gasteiger partial charge in [0, 0.05) is 25.2 Å². The number of aliphatic hydroxyl groups is 1. The zero-order valence-corrected chi connectivity index (χ0v) is 8.96. The molecule has 0 aromatic rings. The lowest BCUT2D eigenvalue weighted by molar-refractivity contribution is -0.0287. The van der Waals surface area contributed by atoms with E-state index >= 15 is 0 Å². The smallest absolute Gasteiger partial charge is 0.0590 e. The van der Waals surface area contributed by atoms with Crippen molar-refractivity contribution >= 4 is 0 Å². The summed E-state index contributed by atoms with van der Waals surface area (Å²) in [5.74, 6) is 0. The number of hydrogen-bond acceptors (Lipinski definition) is 4. The van der Waals surface area contributed by atoms with Gasteiger partial charge in [0.2, 0.25) is 0 Å². The Balaban J connectivity index is 2.49. The van der Waals surface area contributed by atoms with Crippen LogP contribution in [0.25, 0.3) is 0 Å². The number of hydrogen-bond donors (Lipinski definition) is 3. The molecule has 0 aromatic heterocycles. The van der Waals surface area contributed by atoms with Crippen LogP contribution < -0.4 is 11.1 Å². The molecule has 1 fully saturated rings. The molecule has 0 aliphatic carbocycles. The van der Waals surface area contributed by atoms with Gasteiger partial charge in [0.1, 0.15) is 0 Å². The Morgan fingerprint density at radius 3 is 3.00 bits per heavy atom. The van der Waals surface area contributed by atoms with E-state index in [-0.39, 0.29) is 12.1 Å². The predicted molar refractivity (Wildman–Crippen MR) is 56.1 cm³/mol. The summed E-state index contributed by atoms with van der Waals surface area (Å²) in [5.41, 5.74) is 5.78. The quantitative estimate of drug-likeness (QED) is 0.580. The summed E-state index contributed by atoms with van der Waals surface area (Å²) in [4.78, 5) is 0. The molecule has 14 heavy (non-hydrogen) atoms. The molecule has 0 radical (unpaired) electrons. The highest BCUT2D eigenvalue weighted by Gasteiger charge is 2.34. The van der Waals surface area contributed by atoms with E-state index < -0.39 is 0 Å². The number of nitrogens with two attached hydrogens (primary N) is 1. The number of aliphatic hydroxyl groups excluding tert-OH is 1. The zero-order valence-electron chi connectivity index (χ0n) is 8.96. The third kappa shape index (κ3) is 2.92. The van der Waals surface area contributed by atoms with E-state index in [1.165, 1.54) is 0 Å². The van der Waals surface area contributed by atoms with E-state index in [0.717, 1.165) is 25.9 Å². The standard InChI is InChI=1S/C10H22N2O2/c1-2-9-7-10(8-11,3-6-14-9)12-4-5-13/h9,12-13H,2-8,11H2,1H3. The first kappa shape index (κ1) is 11.9. The van der Waals surface area contributed by atoms with Gasteiger partial charge in [-0.15, -0.1) is 0 Å². The normalized spacial score (nSPS) is 33.2. The molecular formula is C10H22N2O2. The van der Waals surface area contributed by atoms with Gasteiger partial charge in [0.05, 0.1) is 12.7 Å². The van der Waals surface area contributed by atoms with Gasteiger partial charge in [-0.2, -0.15) is 0 Å². The van der Waals surface area contributed by atoms with Crippen molar-refractivity contribution in [2.45, 2.75) is 37.8 Å².